The Morgan fingerprint density at radius 1 is 1.21 bits per heavy atom. The van der Waals surface area contributed by atoms with Gasteiger partial charge in [0.25, 0.3) is 0 Å². The second-order valence-corrected chi connectivity index (χ2v) is 4.49. The molecule has 0 aromatic rings. The number of carbonyl (C=O) groups excluding carboxylic acids is 2. The largest absolute Gasteiger partial charge is 0.463 e. The topological polar surface area (TPSA) is 71.1 Å². The van der Waals surface area contributed by atoms with Crippen molar-refractivity contribution >= 4 is 11.9 Å². The van der Waals surface area contributed by atoms with Gasteiger partial charge in [-0.15, -0.1) is 0 Å². The van der Waals surface area contributed by atoms with Crippen LogP contribution in [0.25, 0.3) is 0 Å². The summed E-state index contributed by atoms with van der Waals surface area (Å²) in [6, 6.07) is 0. The summed E-state index contributed by atoms with van der Waals surface area (Å²) < 4.78 is 21.1. The van der Waals surface area contributed by atoms with Crippen LogP contribution in [0.3, 0.4) is 0 Å². The van der Waals surface area contributed by atoms with Crippen LogP contribution in [0.1, 0.15) is 27.7 Å². The van der Waals surface area contributed by atoms with Gasteiger partial charge in [-0.1, -0.05) is 0 Å². The lowest BCUT2D eigenvalue weighted by Gasteiger charge is -2.31. The Morgan fingerprint density at radius 3 is 2.42 bits per heavy atom. The Labute approximate surface area is 112 Å². The smallest absolute Gasteiger partial charge is 0.303 e. The minimum Gasteiger partial charge on any atom is -0.463 e. The molecule has 0 unspecified atom stereocenters. The van der Waals surface area contributed by atoms with Crippen molar-refractivity contribution in [3.63, 3.8) is 0 Å². The van der Waals surface area contributed by atoms with E-state index in [-0.39, 0.29) is 12.7 Å². The monoisotopic (exact) mass is 272 g/mol. The van der Waals surface area contributed by atoms with Crippen LogP contribution in [0.4, 0.5) is 0 Å². The van der Waals surface area contributed by atoms with E-state index < -0.39 is 30.4 Å². The van der Waals surface area contributed by atoms with Crippen LogP contribution in [-0.4, -0.2) is 43.1 Å². The van der Waals surface area contributed by atoms with E-state index >= 15 is 0 Å². The molecule has 1 aliphatic heterocycles. The van der Waals surface area contributed by atoms with Crippen LogP contribution in [-0.2, 0) is 28.5 Å². The van der Waals surface area contributed by atoms with E-state index in [1.54, 1.807) is 12.2 Å². The average molecular weight is 272 g/mol. The van der Waals surface area contributed by atoms with Crippen LogP contribution in [0, 0.1) is 0 Å². The van der Waals surface area contributed by atoms with E-state index in [4.69, 9.17) is 18.9 Å². The SMILES string of the molecule is CC(=O)OC[C@H]1O[C@H](OC(C)C)C=C[C@H]1OC(C)=O. The molecule has 1 aliphatic rings. The molecule has 0 fully saturated rings. The molecule has 19 heavy (non-hydrogen) atoms. The van der Waals surface area contributed by atoms with Crippen LogP contribution in [0.5, 0.6) is 0 Å². The first-order valence-corrected chi connectivity index (χ1v) is 6.18. The number of esters is 2. The zero-order valence-corrected chi connectivity index (χ0v) is 11.6. The van der Waals surface area contributed by atoms with Gasteiger partial charge in [-0.2, -0.15) is 0 Å². The third-order valence-electron chi connectivity index (χ3n) is 2.29. The molecular weight excluding hydrogens is 252 g/mol. The maximum atomic E-state index is 11.0. The van der Waals surface area contributed by atoms with Gasteiger partial charge in [0.1, 0.15) is 18.8 Å². The molecule has 0 spiro atoms. The lowest BCUT2D eigenvalue weighted by atomic mass is 10.1. The molecule has 0 saturated heterocycles. The van der Waals surface area contributed by atoms with Gasteiger partial charge in [0, 0.05) is 13.8 Å². The standard InChI is InChI=1S/C13H20O6/c1-8(2)17-13-6-5-11(18-10(4)15)12(19-13)7-16-9(3)14/h5-6,8,11-13H,7H2,1-4H3/t11-,12-,13+/m1/s1. The van der Waals surface area contributed by atoms with E-state index in [2.05, 4.69) is 0 Å². The summed E-state index contributed by atoms with van der Waals surface area (Å²) in [4.78, 5) is 21.8. The van der Waals surface area contributed by atoms with Crippen molar-refractivity contribution in [3.05, 3.63) is 12.2 Å². The van der Waals surface area contributed by atoms with E-state index in [1.165, 1.54) is 13.8 Å². The molecule has 0 aromatic carbocycles. The van der Waals surface area contributed by atoms with Gasteiger partial charge in [-0.25, -0.2) is 0 Å². The molecule has 0 aromatic heterocycles. The number of rotatable bonds is 5. The predicted molar refractivity (Wildman–Crippen MR) is 66.2 cm³/mol. The Hall–Kier alpha value is -1.40. The van der Waals surface area contributed by atoms with Crippen LogP contribution < -0.4 is 0 Å². The summed E-state index contributed by atoms with van der Waals surface area (Å²) in [5.74, 6) is -0.838. The normalized spacial score (nSPS) is 26.3. The summed E-state index contributed by atoms with van der Waals surface area (Å²) in [5.41, 5.74) is 0. The van der Waals surface area contributed by atoms with Crippen molar-refractivity contribution < 1.29 is 28.5 Å². The lowest BCUT2D eigenvalue weighted by molar-refractivity contribution is -0.205. The number of ether oxygens (including phenoxy) is 4. The molecule has 6 heteroatoms. The third-order valence-corrected chi connectivity index (χ3v) is 2.29. The van der Waals surface area contributed by atoms with Gasteiger partial charge < -0.3 is 18.9 Å². The average Bonchev–Trinajstić information content (AvgIpc) is 2.27. The van der Waals surface area contributed by atoms with E-state index in [9.17, 15) is 9.59 Å². The van der Waals surface area contributed by atoms with Crippen molar-refractivity contribution in [3.8, 4) is 0 Å². The summed E-state index contributed by atoms with van der Waals surface area (Å²) in [6.45, 7) is 6.40. The zero-order valence-electron chi connectivity index (χ0n) is 11.6. The summed E-state index contributed by atoms with van der Waals surface area (Å²) >= 11 is 0. The molecule has 3 atom stereocenters. The van der Waals surface area contributed by atoms with Crippen LogP contribution in [0.2, 0.25) is 0 Å². The van der Waals surface area contributed by atoms with E-state index in [1.807, 2.05) is 13.8 Å². The van der Waals surface area contributed by atoms with Gasteiger partial charge in [0.2, 0.25) is 0 Å². The Balaban J connectivity index is 2.65. The van der Waals surface area contributed by atoms with Crippen molar-refractivity contribution in [1.82, 2.24) is 0 Å². The molecule has 0 N–H and O–H groups in total. The summed E-state index contributed by atoms with van der Waals surface area (Å²) in [6.07, 6.45) is 1.68. The quantitative estimate of drug-likeness (QED) is 0.553. The fraction of sp³-hybridized carbons (Fsp3) is 0.692. The number of hydrogen-bond acceptors (Lipinski definition) is 6. The van der Waals surface area contributed by atoms with Crippen LogP contribution in [0.15, 0.2) is 12.2 Å². The summed E-state index contributed by atoms with van der Waals surface area (Å²) in [5, 5.41) is 0. The highest BCUT2D eigenvalue weighted by molar-refractivity contribution is 5.66. The van der Waals surface area contributed by atoms with Gasteiger partial charge in [0.15, 0.2) is 6.29 Å². The molecule has 6 nitrogen and oxygen atoms in total. The highest BCUT2D eigenvalue weighted by Gasteiger charge is 2.31. The van der Waals surface area contributed by atoms with Crippen molar-refractivity contribution in [1.29, 1.82) is 0 Å². The fourth-order valence-corrected chi connectivity index (χ4v) is 1.61. The predicted octanol–water partition coefficient (Wildman–Crippen LogP) is 1.19. The first-order chi connectivity index (χ1) is 8.88. The number of carbonyl (C=O) groups is 2. The maximum absolute atomic E-state index is 11.0. The highest BCUT2D eigenvalue weighted by Crippen LogP contribution is 2.18. The second kappa shape index (κ2) is 7.25. The molecular formula is C13H20O6. The molecule has 0 radical (unpaired) electrons. The Kier molecular flexibility index (Phi) is 5.98. The van der Waals surface area contributed by atoms with Crippen LogP contribution >= 0.6 is 0 Å². The van der Waals surface area contributed by atoms with Crippen molar-refractivity contribution in [2.24, 2.45) is 0 Å². The van der Waals surface area contributed by atoms with Crippen molar-refractivity contribution in [2.45, 2.75) is 52.3 Å². The minimum atomic E-state index is -0.580. The fourth-order valence-electron chi connectivity index (χ4n) is 1.61. The first-order valence-electron chi connectivity index (χ1n) is 6.18. The van der Waals surface area contributed by atoms with Crippen molar-refractivity contribution in [2.75, 3.05) is 6.61 Å². The summed E-state index contributed by atoms with van der Waals surface area (Å²) in [7, 11) is 0. The molecule has 0 saturated carbocycles. The van der Waals surface area contributed by atoms with Gasteiger partial charge in [0.05, 0.1) is 6.10 Å². The number of hydrogen-bond donors (Lipinski definition) is 0. The minimum absolute atomic E-state index is 0.00528. The van der Waals surface area contributed by atoms with Gasteiger partial charge >= 0.3 is 11.9 Å². The Morgan fingerprint density at radius 2 is 1.89 bits per heavy atom. The highest BCUT2D eigenvalue weighted by atomic mass is 16.7. The Bertz CT molecular complexity index is 349. The van der Waals surface area contributed by atoms with Gasteiger partial charge in [-0.3, -0.25) is 9.59 Å². The molecule has 0 bridgehead atoms. The molecule has 0 aliphatic carbocycles. The first kappa shape index (κ1) is 15.7. The zero-order chi connectivity index (χ0) is 14.4. The van der Waals surface area contributed by atoms with E-state index in [0.29, 0.717) is 0 Å². The third kappa shape index (κ3) is 5.85. The maximum Gasteiger partial charge on any atom is 0.303 e. The molecule has 108 valence electrons. The molecule has 1 rings (SSSR count). The van der Waals surface area contributed by atoms with Gasteiger partial charge in [-0.05, 0) is 26.0 Å². The second-order valence-electron chi connectivity index (χ2n) is 4.49. The van der Waals surface area contributed by atoms with E-state index in [0.717, 1.165) is 0 Å². The lowest BCUT2D eigenvalue weighted by Crippen LogP contribution is -2.42. The molecule has 1 heterocycles. The molecule has 0 amide bonds.